The van der Waals surface area contributed by atoms with E-state index >= 15 is 0 Å². The first-order valence-corrected chi connectivity index (χ1v) is 14.1. The van der Waals surface area contributed by atoms with Crippen molar-refractivity contribution < 1.29 is 19.2 Å². The third-order valence-electron chi connectivity index (χ3n) is 6.74. The van der Waals surface area contributed by atoms with E-state index in [1.165, 1.54) is 10.4 Å². The van der Waals surface area contributed by atoms with E-state index in [4.69, 9.17) is 20.0 Å². The molecule has 2 aromatic heterocycles. The van der Waals surface area contributed by atoms with Gasteiger partial charge < -0.3 is 25.4 Å². The Morgan fingerprint density at radius 3 is 2.58 bits per heavy atom. The van der Waals surface area contributed by atoms with Crippen molar-refractivity contribution in [2.75, 3.05) is 33.3 Å². The molecule has 0 aliphatic carbocycles. The summed E-state index contributed by atoms with van der Waals surface area (Å²) in [4.78, 5) is 21.0. The first-order valence-electron chi connectivity index (χ1n) is 13.2. The summed E-state index contributed by atoms with van der Waals surface area (Å²) in [5.41, 5.74) is 9.42. The van der Waals surface area contributed by atoms with Gasteiger partial charge in [-0.3, -0.25) is 9.69 Å². The monoisotopic (exact) mass is 543 g/mol. The lowest BCUT2D eigenvalue weighted by Gasteiger charge is -2.20. The maximum Gasteiger partial charge on any atom is 0.268 e. The number of thiophene rings is 1. The van der Waals surface area contributed by atoms with Gasteiger partial charge in [-0.15, -0.1) is 11.3 Å². The Morgan fingerprint density at radius 2 is 1.95 bits per heavy atom. The zero-order valence-corrected chi connectivity index (χ0v) is 24.2. The van der Waals surface area contributed by atoms with Crippen LogP contribution >= 0.6 is 11.3 Å². The maximum atomic E-state index is 11.6. The van der Waals surface area contributed by atoms with E-state index in [0.717, 1.165) is 53.4 Å². The van der Waals surface area contributed by atoms with E-state index in [-0.39, 0.29) is 13.0 Å². The number of rotatable bonds is 15. The average Bonchev–Trinajstić information content (AvgIpc) is 3.52. The molecule has 2 atom stereocenters. The number of hydrogen-bond acceptors (Lipinski definition) is 9. The highest BCUT2D eigenvalue weighted by Gasteiger charge is 2.21. The fraction of sp³-hybridized carbons (Fsp3) is 0.536. The summed E-state index contributed by atoms with van der Waals surface area (Å²) in [5, 5.41) is 17.7. The number of primary amides is 1. The molecular formula is C28H41N5O4S. The molecule has 4 N–H and O–H groups in total. The van der Waals surface area contributed by atoms with Crippen LogP contribution in [0.5, 0.6) is 5.75 Å². The minimum Gasteiger partial charge on any atom is -0.490 e. The van der Waals surface area contributed by atoms with Crippen LogP contribution in [-0.2, 0) is 17.8 Å². The molecule has 3 rings (SSSR count). The summed E-state index contributed by atoms with van der Waals surface area (Å²) in [7, 11) is 1.75. The molecule has 1 amide bonds. The van der Waals surface area contributed by atoms with E-state index in [1.807, 2.05) is 26.0 Å². The largest absolute Gasteiger partial charge is 0.490 e. The Hall–Kier alpha value is -2.79. The van der Waals surface area contributed by atoms with Gasteiger partial charge in [0.05, 0.1) is 16.9 Å². The summed E-state index contributed by atoms with van der Waals surface area (Å²) < 4.78 is 11.7. The number of amides is 1. The number of aryl methyl sites for hydroxylation is 3. The number of aliphatic hydroxyl groups is 1. The van der Waals surface area contributed by atoms with Gasteiger partial charge in [-0.05, 0) is 81.7 Å². The normalized spacial score (nSPS) is 13.2. The molecule has 1 aromatic carbocycles. The first-order chi connectivity index (χ1) is 18.2. The molecule has 1 unspecified atom stereocenters. The molecule has 2 heterocycles. The number of aliphatic hydroxyl groups excluding tert-OH is 1. The van der Waals surface area contributed by atoms with Crippen molar-refractivity contribution in [1.29, 1.82) is 0 Å². The van der Waals surface area contributed by atoms with Crippen LogP contribution < -0.4 is 15.8 Å². The van der Waals surface area contributed by atoms with Gasteiger partial charge in [0.2, 0.25) is 11.7 Å². The van der Waals surface area contributed by atoms with Gasteiger partial charge in [0.15, 0.2) is 0 Å². The van der Waals surface area contributed by atoms with Crippen molar-refractivity contribution in [2.24, 2.45) is 11.7 Å². The van der Waals surface area contributed by atoms with Crippen molar-refractivity contribution in [3.05, 3.63) is 39.8 Å². The number of nitrogens with two attached hydrogens (primary N) is 1. The van der Waals surface area contributed by atoms with Gasteiger partial charge in [0.25, 0.3) is 5.89 Å². The molecule has 38 heavy (non-hydrogen) atoms. The zero-order chi connectivity index (χ0) is 27.8. The number of carbonyl (C=O) groups is 1. The second-order valence-electron chi connectivity index (χ2n) is 9.59. The third-order valence-corrected chi connectivity index (χ3v) is 7.95. The molecule has 0 radical (unpaired) electrons. The number of ether oxygens (including phenoxy) is 1. The Bertz CT molecular complexity index is 1200. The molecule has 10 heteroatoms. The SMILES string of the molecule is CCc1cc(-c2noc(-c3cc(C)c(CN(CC)CC)s3)n2)cc(C)c1OC[C@@H](O)CC(CNC)C(N)=O. The lowest BCUT2D eigenvalue weighted by molar-refractivity contribution is -0.122. The van der Waals surface area contributed by atoms with Crippen molar-refractivity contribution >= 4 is 17.2 Å². The molecule has 3 aromatic rings. The molecule has 0 bridgehead atoms. The molecule has 208 valence electrons. The van der Waals surface area contributed by atoms with Crippen LogP contribution in [0, 0.1) is 19.8 Å². The third kappa shape index (κ3) is 7.41. The minimum absolute atomic E-state index is 0.0700. The molecule has 0 saturated carbocycles. The summed E-state index contributed by atoms with van der Waals surface area (Å²) in [6.07, 6.45) is 0.150. The predicted molar refractivity (Wildman–Crippen MR) is 151 cm³/mol. The fourth-order valence-corrected chi connectivity index (χ4v) is 5.58. The lowest BCUT2D eigenvalue weighted by Crippen LogP contribution is -2.35. The fourth-order valence-electron chi connectivity index (χ4n) is 4.44. The van der Waals surface area contributed by atoms with Gasteiger partial charge in [-0.1, -0.05) is 25.9 Å². The zero-order valence-electron chi connectivity index (χ0n) is 23.3. The highest BCUT2D eigenvalue weighted by molar-refractivity contribution is 7.15. The van der Waals surface area contributed by atoms with Crippen LogP contribution in [-0.4, -0.2) is 65.4 Å². The number of nitrogens with one attached hydrogen (secondary N) is 1. The summed E-state index contributed by atoms with van der Waals surface area (Å²) in [6.45, 7) is 13.9. The van der Waals surface area contributed by atoms with E-state index in [0.29, 0.717) is 18.3 Å². The van der Waals surface area contributed by atoms with Crippen molar-refractivity contribution in [3.63, 3.8) is 0 Å². The Labute approximate surface area is 229 Å². The summed E-state index contributed by atoms with van der Waals surface area (Å²) >= 11 is 1.70. The standard InChI is InChI=1S/C28H41N5O4S/c1-7-19-12-20(10-18(5)25(19)36-16-22(34)13-21(14-30-6)26(29)35)27-31-28(37-32-27)23-11-17(4)24(38-23)15-33(8-2)9-3/h10-12,21-22,30,34H,7-9,13-16H2,1-6H3,(H2,29,35)/t21?,22-/m0/s1. The topological polar surface area (TPSA) is 127 Å². The van der Waals surface area contributed by atoms with E-state index in [1.54, 1.807) is 18.4 Å². The molecule has 0 saturated heterocycles. The second kappa shape index (κ2) is 13.8. The van der Waals surface area contributed by atoms with E-state index < -0.39 is 17.9 Å². The highest BCUT2D eigenvalue weighted by atomic mass is 32.1. The van der Waals surface area contributed by atoms with Crippen molar-refractivity contribution in [2.45, 2.75) is 60.1 Å². The van der Waals surface area contributed by atoms with Gasteiger partial charge in [0.1, 0.15) is 12.4 Å². The van der Waals surface area contributed by atoms with Gasteiger partial charge >= 0.3 is 0 Å². The van der Waals surface area contributed by atoms with Gasteiger partial charge in [-0.25, -0.2) is 0 Å². The van der Waals surface area contributed by atoms with Gasteiger partial charge in [-0.2, -0.15) is 4.98 Å². The molecule has 0 aliphatic heterocycles. The predicted octanol–water partition coefficient (Wildman–Crippen LogP) is 3.94. The van der Waals surface area contributed by atoms with Gasteiger partial charge in [0, 0.05) is 23.5 Å². The first kappa shape index (κ1) is 29.8. The minimum atomic E-state index is -0.815. The smallest absolute Gasteiger partial charge is 0.268 e. The van der Waals surface area contributed by atoms with Crippen LogP contribution in [0.1, 0.15) is 48.8 Å². The molecule has 0 fully saturated rings. The maximum absolute atomic E-state index is 11.6. The lowest BCUT2D eigenvalue weighted by atomic mass is 10.0. The quantitative estimate of drug-likeness (QED) is 0.263. The molecular weight excluding hydrogens is 502 g/mol. The Balaban J connectivity index is 1.75. The summed E-state index contributed by atoms with van der Waals surface area (Å²) in [6, 6.07) is 6.08. The highest BCUT2D eigenvalue weighted by Crippen LogP contribution is 2.34. The van der Waals surface area contributed by atoms with E-state index in [2.05, 4.69) is 42.2 Å². The second-order valence-corrected chi connectivity index (χ2v) is 10.7. The number of carbonyl (C=O) groups excluding carboxylic acids is 1. The van der Waals surface area contributed by atoms with Crippen LogP contribution in [0.3, 0.4) is 0 Å². The number of aromatic nitrogens is 2. The molecule has 0 spiro atoms. The van der Waals surface area contributed by atoms with Crippen LogP contribution in [0.25, 0.3) is 22.2 Å². The van der Waals surface area contributed by atoms with Crippen LogP contribution in [0.15, 0.2) is 22.7 Å². The van der Waals surface area contributed by atoms with Crippen molar-refractivity contribution in [1.82, 2.24) is 20.4 Å². The Kier molecular flexibility index (Phi) is 10.8. The Morgan fingerprint density at radius 1 is 1.21 bits per heavy atom. The number of nitrogens with zero attached hydrogens (tertiary/aromatic N) is 3. The molecule has 0 aliphatic rings. The van der Waals surface area contributed by atoms with Crippen molar-refractivity contribution in [3.8, 4) is 27.9 Å². The van der Waals surface area contributed by atoms with E-state index in [9.17, 15) is 9.90 Å². The average molecular weight is 544 g/mol. The molecule has 9 nitrogen and oxygen atoms in total. The van der Waals surface area contributed by atoms with Crippen LogP contribution in [0.4, 0.5) is 0 Å². The van der Waals surface area contributed by atoms with Crippen LogP contribution in [0.2, 0.25) is 0 Å². The summed E-state index contributed by atoms with van der Waals surface area (Å²) in [5.74, 6) is 0.866. The number of hydrogen-bond donors (Lipinski definition) is 3. The number of benzene rings is 1.